The molecule has 33 heavy (non-hydrogen) atoms. The molecule has 168 valence electrons. The summed E-state index contributed by atoms with van der Waals surface area (Å²) in [6.45, 7) is 1.75. The number of aromatic carboxylic acids is 1. The molecule has 9 heteroatoms. The van der Waals surface area contributed by atoms with E-state index in [0.29, 0.717) is 36.5 Å². The van der Waals surface area contributed by atoms with Crippen LogP contribution in [0.4, 0.5) is 14.5 Å². The summed E-state index contributed by atoms with van der Waals surface area (Å²) in [6.07, 6.45) is 1.20. The summed E-state index contributed by atoms with van der Waals surface area (Å²) in [7, 11) is 0. The molecule has 0 bridgehead atoms. The molecule has 5 rings (SSSR count). The first kappa shape index (κ1) is 21.3. The number of carbonyl (C=O) groups is 1. The Balaban J connectivity index is 1.67. The van der Waals surface area contributed by atoms with Crippen molar-refractivity contribution < 1.29 is 18.7 Å². The van der Waals surface area contributed by atoms with Crippen molar-refractivity contribution in [2.24, 2.45) is 0 Å². The lowest BCUT2D eigenvalue weighted by molar-refractivity contribution is 0.0695. The van der Waals surface area contributed by atoms with Gasteiger partial charge in [0, 0.05) is 36.9 Å². The van der Waals surface area contributed by atoms with E-state index in [1.54, 1.807) is 17.4 Å². The van der Waals surface area contributed by atoms with Gasteiger partial charge in [0.1, 0.15) is 17.2 Å². The number of nitrogens with zero attached hydrogens (tertiary/aromatic N) is 2. The lowest BCUT2D eigenvalue weighted by atomic mass is 10.1. The number of hydrogen-bond donors (Lipinski definition) is 2. The van der Waals surface area contributed by atoms with E-state index in [4.69, 9.17) is 0 Å². The molecule has 1 unspecified atom stereocenters. The molecule has 3 heterocycles. The van der Waals surface area contributed by atoms with Crippen LogP contribution in [0.3, 0.4) is 0 Å². The number of benzene rings is 2. The third-order valence-electron chi connectivity index (χ3n) is 5.87. The van der Waals surface area contributed by atoms with Crippen LogP contribution in [-0.2, 0) is 0 Å². The van der Waals surface area contributed by atoms with Crippen LogP contribution in [0.2, 0.25) is 0 Å². The summed E-state index contributed by atoms with van der Waals surface area (Å²) in [4.78, 5) is 26.4. The fourth-order valence-electron chi connectivity index (χ4n) is 4.21. The Bertz CT molecular complexity index is 1400. The van der Waals surface area contributed by atoms with Gasteiger partial charge in [0.2, 0.25) is 5.43 Å². The average molecular weight is 467 g/mol. The highest BCUT2D eigenvalue weighted by Gasteiger charge is 2.25. The van der Waals surface area contributed by atoms with Gasteiger partial charge in [0.05, 0.1) is 17.2 Å². The first-order valence-corrected chi connectivity index (χ1v) is 11.3. The molecule has 1 aliphatic heterocycles. The minimum Gasteiger partial charge on any atom is -0.477 e. The topological polar surface area (TPSA) is 74.6 Å². The van der Waals surface area contributed by atoms with Crippen LogP contribution in [0.15, 0.2) is 64.2 Å². The predicted octanol–water partition coefficient (Wildman–Crippen LogP) is 4.18. The Labute approximate surface area is 191 Å². The number of halogens is 2. The molecule has 6 nitrogen and oxygen atoms in total. The molecule has 1 aliphatic rings. The monoisotopic (exact) mass is 467 g/mol. The van der Waals surface area contributed by atoms with E-state index >= 15 is 4.39 Å². The number of piperazine rings is 1. The average Bonchev–Trinajstić information content (AvgIpc) is 3.35. The van der Waals surface area contributed by atoms with Gasteiger partial charge in [-0.25, -0.2) is 13.6 Å². The summed E-state index contributed by atoms with van der Waals surface area (Å²) in [6, 6.07) is 10.2. The van der Waals surface area contributed by atoms with Crippen LogP contribution in [0.5, 0.6) is 0 Å². The maximum Gasteiger partial charge on any atom is 0.341 e. The van der Waals surface area contributed by atoms with E-state index < -0.39 is 28.6 Å². The number of pyridine rings is 1. The number of fused-ring (bicyclic) bond motifs is 1. The first-order valence-electron chi connectivity index (χ1n) is 10.3. The van der Waals surface area contributed by atoms with Crippen molar-refractivity contribution >= 4 is 33.9 Å². The summed E-state index contributed by atoms with van der Waals surface area (Å²) in [5.74, 6) is -2.46. The SMILES string of the molecule is O=C(O)c1cn(-c2ccc(F)cc2)c2cc(N3CCNC(c4ccsc4)C3)c(F)cc2c1=O. The van der Waals surface area contributed by atoms with Crippen LogP contribution >= 0.6 is 11.3 Å². The zero-order valence-electron chi connectivity index (χ0n) is 17.3. The van der Waals surface area contributed by atoms with E-state index in [2.05, 4.69) is 10.7 Å². The zero-order valence-corrected chi connectivity index (χ0v) is 18.1. The molecule has 1 saturated heterocycles. The van der Waals surface area contributed by atoms with Gasteiger partial charge in [-0.2, -0.15) is 11.3 Å². The third kappa shape index (κ3) is 3.90. The second-order valence-electron chi connectivity index (χ2n) is 7.85. The van der Waals surface area contributed by atoms with Crippen molar-refractivity contribution in [2.75, 3.05) is 24.5 Å². The molecule has 1 fully saturated rings. The Morgan fingerprint density at radius 3 is 2.64 bits per heavy atom. The van der Waals surface area contributed by atoms with Crippen LogP contribution in [0.1, 0.15) is 22.0 Å². The number of aromatic nitrogens is 1. The number of nitrogens with one attached hydrogen (secondary N) is 1. The largest absolute Gasteiger partial charge is 0.477 e. The van der Waals surface area contributed by atoms with Crippen molar-refractivity contribution in [2.45, 2.75) is 6.04 Å². The molecule has 0 amide bonds. The zero-order chi connectivity index (χ0) is 23.1. The highest BCUT2D eigenvalue weighted by atomic mass is 32.1. The van der Waals surface area contributed by atoms with Crippen LogP contribution < -0.4 is 15.6 Å². The lowest BCUT2D eigenvalue weighted by Crippen LogP contribution is -2.46. The van der Waals surface area contributed by atoms with E-state index in [1.807, 2.05) is 16.3 Å². The number of anilines is 1. The molecule has 0 spiro atoms. The molecule has 2 N–H and O–H groups in total. The van der Waals surface area contributed by atoms with Gasteiger partial charge < -0.3 is 19.9 Å². The van der Waals surface area contributed by atoms with Gasteiger partial charge >= 0.3 is 5.97 Å². The Morgan fingerprint density at radius 2 is 1.94 bits per heavy atom. The minimum absolute atomic E-state index is 0.0359. The Hall–Kier alpha value is -3.56. The molecular weight excluding hydrogens is 448 g/mol. The van der Waals surface area contributed by atoms with E-state index in [-0.39, 0.29) is 11.4 Å². The summed E-state index contributed by atoms with van der Waals surface area (Å²) in [5.41, 5.74) is 0.996. The molecule has 2 aromatic heterocycles. The van der Waals surface area contributed by atoms with Crippen molar-refractivity contribution in [1.82, 2.24) is 9.88 Å². The van der Waals surface area contributed by atoms with Crippen molar-refractivity contribution in [1.29, 1.82) is 0 Å². The van der Waals surface area contributed by atoms with Gasteiger partial charge in [-0.1, -0.05) is 0 Å². The number of carboxylic acids is 1. The van der Waals surface area contributed by atoms with Crippen LogP contribution in [0, 0.1) is 11.6 Å². The van der Waals surface area contributed by atoms with Gasteiger partial charge in [-0.05, 0) is 58.8 Å². The second-order valence-corrected chi connectivity index (χ2v) is 8.63. The Morgan fingerprint density at radius 1 is 1.15 bits per heavy atom. The van der Waals surface area contributed by atoms with E-state index in [9.17, 15) is 19.1 Å². The highest BCUT2D eigenvalue weighted by molar-refractivity contribution is 7.08. The fourth-order valence-corrected chi connectivity index (χ4v) is 4.92. The summed E-state index contributed by atoms with van der Waals surface area (Å²) < 4.78 is 30.2. The summed E-state index contributed by atoms with van der Waals surface area (Å²) in [5, 5.41) is 16.9. The molecule has 0 saturated carbocycles. The first-order chi connectivity index (χ1) is 15.9. The standard InChI is InChI=1S/C24H19F2N3O3S/c25-15-1-3-16(4-2-15)29-11-18(24(31)32)23(30)17-9-19(26)22(10-21(17)29)28-7-6-27-20(12-28)14-5-8-33-13-14/h1-5,8-11,13,20,27H,6-7,12H2,(H,31,32). The maximum atomic E-state index is 15.3. The smallest absolute Gasteiger partial charge is 0.341 e. The molecule has 0 aliphatic carbocycles. The maximum absolute atomic E-state index is 15.3. The third-order valence-corrected chi connectivity index (χ3v) is 6.57. The minimum atomic E-state index is -1.41. The van der Waals surface area contributed by atoms with Gasteiger partial charge in [-0.3, -0.25) is 4.79 Å². The van der Waals surface area contributed by atoms with Crippen molar-refractivity contribution in [3.05, 3.63) is 92.4 Å². The Kier molecular flexibility index (Phi) is 5.43. The van der Waals surface area contributed by atoms with E-state index in [1.165, 1.54) is 35.0 Å². The number of thiophene rings is 1. The van der Waals surface area contributed by atoms with Crippen LogP contribution in [-0.4, -0.2) is 35.3 Å². The number of carboxylic acid groups (broad SMARTS) is 1. The van der Waals surface area contributed by atoms with Crippen LogP contribution in [0.25, 0.3) is 16.6 Å². The molecule has 1 atom stereocenters. The van der Waals surface area contributed by atoms with Crippen molar-refractivity contribution in [3.63, 3.8) is 0 Å². The highest BCUT2D eigenvalue weighted by Crippen LogP contribution is 2.30. The van der Waals surface area contributed by atoms with Gasteiger partial charge in [0.25, 0.3) is 0 Å². The van der Waals surface area contributed by atoms with E-state index in [0.717, 1.165) is 11.6 Å². The summed E-state index contributed by atoms with van der Waals surface area (Å²) >= 11 is 1.60. The number of rotatable bonds is 4. The fraction of sp³-hybridized carbons (Fsp3) is 0.167. The lowest BCUT2D eigenvalue weighted by Gasteiger charge is -2.35. The molecule has 4 aromatic rings. The number of hydrogen-bond acceptors (Lipinski definition) is 5. The van der Waals surface area contributed by atoms with Crippen molar-refractivity contribution in [3.8, 4) is 5.69 Å². The van der Waals surface area contributed by atoms with Gasteiger partial charge in [0.15, 0.2) is 0 Å². The quantitative estimate of drug-likeness (QED) is 0.471. The second kappa shape index (κ2) is 8.42. The van der Waals surface area contributed by atoms with Gasteiger partial charge in [-0.15, -0.1) is 0 Å². The molecular formula is C24H19F2N3O3S. The molecule has 0 radical (unpaired) electrons. The predicted molar refractivity (Wildman–Crippen MR) is 124 cm³/mol. The molecule has 2 aromatic carbocycles. The normalized spacial score (nSPS) is 16.3.